The van der Waals surface area contributed by atoms with Crippen LogP contribution in [0.4, 0.5) is 0 Å². The summed E-state index contributed by atoms with van der Waals surface area (Å²) in [4.78, 5) is 31.0. The van der Waals surface area contributed by atoms with Crippen LogP contribution in [0.25, 0.3) is 11.4 Å². The van der Waals surface area contributed by atoms with Crippen molar-refractivity contribution in [3.05, 3.63) is 69.4 Å². The molecule has 0 atom stereocenters. The summed E-state index contributed by atoms with van der Waals surface area (Å²) in [5.74, 6) is 1.08. The predicted octanol–water partition coefficient (Wildman–Crippen LogP) is 2.77. The van der Waals surface area contributed by atoms with Crippen molar-refractivity contribution in [3.63, 3.8) is 0 Å². The molecule has 0 amide bonds. The maximum Gasteiger partial charge on any atom is 0.251 e. The lowest BCUT2D eigenvalue weighted by Crippen LogP contribution is -2.08. The lowest BCUT2D eigenvalue weighted by atomic mass is 10.0. The minimum atomic E-state index is -0.174. The fraction of sp³-hybridized carbons (Fsp3) is 0.263. The van der Waals surface area contributed by atoms with Crippen molar-refractivity contribution in [3.8, 4) is 11.4 Å². The van der Waals surface area contributed by atoms with Crippen LogP contribution in [-0.4, -0.2) is 25.9 Å². The molecule has 1 aliphatic carbocycles. The molecule has 2 aromatic heterocycles. The average Bonchev–Trinajstić information content (AvgIpc) is 3.31. The number of nitrogens with zero attached hydrogens (tertiary/aromatic N) is 2. The Morgan fingerprint density at radius 2 is 1.96 bits per heavy atom. The van der Waals surface area contributed by atoms with Crippen LogP contribution < -0.4 is 5.56 Å². The highest BCUT2D eigenvalue weighted by molar-refractivity contribution is 5.95. The first-order valence-corrected chi connectivity index (χ1v) is 8.34. The van der Waals surface area contributed by atoms with Gasteiger partial charge in [-0.3, -0.25) is 14.7 Å². The van der Waals surface area contributed by atoms with Gasteiger partial charge in [-0.2, -0.15) is 5.10 Å². The molecule has 2 heterocycles. The summed E-state index contributed by atoms with van der Waals surface area (Å²) in [5.41, 5.74) is 3.77. The standard InChI is InChI=1S/C19H18N4O2/c1-11-8-18(25)21-19(20-11)14-4-2-12(3-5-14)9-17(24)16-10-15(22-23-16)13-6-7-13/h2-5,8,10,13H,6-7,9H2,1H3,(H,22,23)(H,20,21,25). The predicted molar refractivity (Wildman–Crippen MR) is 93.6 cm³/mol. The van der Waals surface area contributed by atoms with Crippen molar-refractivity contribution in [1.82, 2.24) is 20.2 Å². The molecule has 2 N–H and O–H groups in total. The highest BCUT2D eigenvalue weighted by Gasteiger charge is 2.26. The Hall–Kier alpha value is -3.02. The molecule has 126 valence electrons. The van der Waals surface area contributed by atoms with E-state index < -0.39 is 0 Å². The van der Waals surface area contributed by atoms with Crippen molar-refractivity contribution in [2.75, 3.05) is 0 Å². The number of hydrogen-bond acceptors (Lipinski definition) is 4. The minimum Gasteiger partial charge on any atom is -0.307 e. The smallest absolute Gasteiger partial charge is 0.251 e. The molecular formula is C19H18N4O2. The number of benzene rings is 1. The molecule has 0 saturated heterocycles. The van der Waals surface area contributed by atoms with E-state index in [0.717, 1.165) is 16.8 Å². The molecule has 0 aliphatic heterocycles. The number of carbonyl (C=O) groups excluding carboxylic acids is 1. The van der Waals surface area contributed by atoms with Crippen LogP contribution in [0.15, 0.2) is 41.2 Å². The van der Waals surface area contributed by atoms with E-state index in [1.54, 1.807) is 6.92 Å². The number of aryl methyl sites for hydroxylation is 1. The summed E-state index contributed by atoms with van der Waals surface area (Å²) in [5, 5.41) is 7.10. The number of aromatic amines is 2. The molecule has 3 aromatic rings. The van der Waals surface area contributed by atoms with Crippen molar-refractivity contribution < 1.29 is 4.79 Å². The molecule has 0 radical (unpaired) electrons. The van der Waals surface area contributed by atoms with Gasteiger partial charge < -0.3 is 4.98 Å². The fourth-order valence-corrected chi connectivity index (χ4v) is 2.86. The SMILES string of the molecule is Cc1cc(=O)[nH]c(-c2ccc(CC(=O)c3cc(C4CC4)[nH]n3)cc2)n1. The molecular weight excluding hydrogens is 316 g/mol. The lowest BCUT2D eigenvalue weighted by molar-refractivity contribution is 0.0988. The third kappa shape index (κ3) is 3.42. The van der Waals surface area contributed by atoms with Crippen LogP contribution in [-0.2, 0) is 6.42 Å². The highest BCUT2D eigenvalue weighted by Crippen LogP contribution is 2.39. The minimum absolute atomic E-state index is 0.00186. The maximum atomic E-state index is 12.4. The number of ketones is 1. The zero-order chi connectivity index (χ0) is 17.4. The molecule has 1 aliphatic rings. The molecule has 6 heteroatoms. The van der Waals surface area contributed by atoms with E-state index in [-0.39, 0.29) is 11.3 Å². The Kier molecular flexibility index (Phi) is 3.80. The van der Waals surface area contributed by atoms with Gasteiger partial charge in [0.05, 0.1) is 0 Å². The normalized spacial score (nSPS) is 13.8. The molecule has 0 bridgehead atoms. The molecule has 1 fully saturated rings. The summed E-state index contributed by atoms with van der Waals surface area (Å²) < 4.78 is 0. The van der Waals surface area contributed by atoms with Crippen LogP contribution in [0, 0.1) is 6.92 Å². The van der Waals surface area contributed by atoms with Gasteiger partial charge in [0.1, 0.15) is 11.5 Å². The average molecular weight is 334 g/mol. The van der Waals surface area contributed by atoms with E-state index in [4.69, 9.17) is 0 Å². The second-order valence-electron chi connectivity index (χ2n) is 6.52. The summed E-state index contributed by atoms with van der Waals surface area (Å²) in [6.45, 7) is 1.78. The number of Topliss-reactive ketones (excluding diaryl/α,β-unsaturated/α-hetero) is 1. The highest BCUT2D eigenvalue weighted by atomic mass is 16.1. The molecule has 0 unspecified atom stereocenters. The van der Waals surface area contributed by atoms with E-state index in [0.29, 0.717) is 29.6 Å². The first kappa shape index (κ1) is 15.5. The van der Waals surface area contributed by atoms with Gasteiger partial charge in [0.25, 0.3) is 5.56 Å². The summed E-state index contributed by atoms with van der Waals surface area (Å²) in [7, 11) is 0. The largest absolute Gasteiger partial charge is 0.307 e. The Morgan fingerprint density at radius 3 is 2.64 bits per heavy atom. The van der Waals surface area contributed by atoms with E-state index in [1.165, 1.54) is 18.9 Å². The number of H-pyrrole nitrogens is 2. The zero-order valence-corrected chi connectivity index (χ0v) is 13.9. The first-order valence-electron chi connectivity index (χ1n) is 8.34. The van der Waals surface area contributed by atoms with Crippen molar-refractivity contribution >= 4 is 5.78 Å². The van der Waals surface area contributed by atoms with Crippen LogP contribution in [0.1, 0.15) is 46.2 Å². The van der Waals surface area contributed by atoms with Gasteiger partial charge in [-0.15, -0.1) is 0 Å². The van der Waals surface area contributed by atoms with Crippen molar-refractivity contribution in [2.45, 2.75) is 32.1 Å². The van der Waals surface area contributed by atoms with E-state index >= 15 is 0 Å². The second-order valence-corrected chi connectivity index (χ2v) is 6.52. The van der Waals surface area contributed by atoms with Crippen molar-refractivity contribution in [1.29, 1.82) is 0 Å². The molecule has 1 saturated carbocycles. The Bertz CT molecular complexity index is 981. The van der Waals surface area contributed by atoms with Crippen LogP contribution in [0.3, 0.4) is 0 Å². The second kappa shape index (κ2) is 6.12. The van der Waals surface area contributed by atoms with Gasteiger partial charge in [0.2, 0.25) is 0 Å². The van der Waals surface area contributed by atoms with Crippen LogP contribution >= 0.6 is 0 Å². The fourth-order valence-electron chi connectivity index (χ4n) is 2.86. The Morgan fingerprint density at radius 1 is 1.20 bits per heavy atom. The van der Waals surface area contributed by atoms with Gasteiger partial charge >= 0.3 is 0 Å². The molecule has 25 heavy (non-hydrogen) atoms. The van der Waals surface area contributed by atoms with Gasteiger partial charge in [0, 0.05) is 35.4 Å². The Labute approximate surface area is 144 Å². The van der Waals surface area contributed by atoms with E-state index in [9.17, 15) is 9.59 Å². The monoisotopic (exact) mass is 334 g/mol. The zero-order valence-electron chi connectivity index (χ0n) is 13.9. The third-order valence-electron chi connectivity index (χ3n) is 4.36. The molecule has 1 aromatic carbocycles. The van der Waals surface area contributed by atoms with E-state index in [2.05, 4.69) is 20.2 Å². The summed E-state index contributed by atoms with van der Waals surface area (Å²) in [6.07, 6.45) is 2.64. The summed E-state index contributed by atoms with van der Waals surface area (Å²) in [6, 6.07) is 10.8. The molecule has 0 spiro atoms. The maximum absolute atomic E-state index is 12.4. The number of rotatable bonds is 5. The van der Waals surface area contributed by atoms with Gasteiger partial charge in [-0.05, 0) is 31.4 Å². The molecule has 6 nitrogen and oxygen atoms in total. The topological polar surface area (TPSA) is 91.5 Å². The van der Waals surface area contributed by atoms with Crippen LogP contribution in [0.5, 0.6) is 0 Å². The summed E-state index contributed by atoms with van der Waals surface area (Å²) >= 11 is 0. The number of hydrogen-bond donors (Lipinski definition) is 2. The lowest BCUT2D eigenvalue weighted by Gasteiger charge is -2.04. The van der Waals surface area contributed by atoms with Crippen LogP contribution in [0.2, 0.25) is 0 Å². The van der Waals surface area contributed by atoms with Gasteiger partial charge in [-0.25, -0.2) is 4.98 Å². The quantitative estimate of drug-likeness (QED) is 0.702. The Balaban J connectivity index is 1.49. The third-order valence-corrected chi connectivity index (χ3v) is 4.36. The van der Waals surface area contributed by atoms with Gasteiger partial charge in [0.15, 0.2) is 5.78 Å². The van der Waals surface area contributed by atoms with Gasteiger partial charge in [-0.1, -0.05) is 24.3 Å². The van der Waals surface area contributed by atoms with Crippen molar-refractivity contribution in [2.24, 2.45) is 0 Å². The number of carbonyl (C=O) groups is 1. The number of nitrogens with one attached hydrogen (secondary N) is 2. The first-order chi connectivity index (χ1) is 12.1. The molecule has 4 rings (SSSR count). The van der Waals surface area contributed by atoms with E-state index in [1.807, 2.05) is 30.3 Å². The number of aromatic nitrogens is 4.